The van der Waals surface area contributed by atoms with E-state index < -0.39 is 5.97 Å². The molecule has 0 spiro atoms. The molecular weight excluding hydrogens is 1610 g/mol. The molecule has 0 aromatic rings. The fourth-order valence-electron chi connectivity index (χ4n) is 17.5. The number of carbonyl (C=O) groups is 10. The van der Waals surface area contributed by atoms with Crippen molar-refractivity contribution in [1.29, 1.82) is 0 Å². The Hall–Kier alpha value is -5.56. The Labute approximate surface area is 783 Å². The van der Waals surface area contributed by atoms with E-state index in [0.717, 1.165) is 132 Å². The summed E-state index contributed by atoms with van der Waals surface area (Å²) in [5.41, 5.74) is 0. The summed E-state index contributed by atoms with van der Waals surface area (Å²) in [4.78, 5) is 121. The number of hydrogen-bond acceptors (Lipinski definition) is 18. The topological polar surface area (TPSA) is 269 Å². The third kappa shape index (κ3) is 88.4. The average Bonchev–Trinajstić information content (AvgIpc) is 0.916. The first-order valence-corrected chi connectivity index (χ1v) is 54.0. The second kappa shape index (κ2) is 97.5. The second-order valence-electron chi connectivity index (χ2n) is 37.1. The van der Waals surface area contributed by atoms with Gasteiger partial charge in [0.15, 0.2) is 0 Å². The predicted octanol–water partition coefficient (Wildman–Crippen LogP) is 28.4. The van der Waals surface area contributed by atoms with Gasteiger partial charge < -0.3 is 48.5 Å². The number of rotatable bonds is 101. The molecule has 128 heavy (non-hydrogen) atoms. The maximum absolute atomic E-state index is 12.8. The summed E-state index contributed by atoms with van der Waals surface area (Å²) in [6.45, 7) is 16.7. The van der Waals surface area contributed by atoms with Gasteiger partial charge in [-0.3, -0.25) is 43.2 Å². The van der Waals surface area contributed by atoms with Crippen LogP contribution in [0.25, 0.3) is 0 Å². The molecule has 0 radical (unpaired) electrons. The molecular formula is C108H198N2O18. The summed E-state index contributed by atoms with van der Waals surface area (Å²) < 4.78 is 41.5. The molecule has 4 unspecified atom stereocenters. The smallest absolute Gasteiger partial charge is 0.330 e. The van der Waals surface area contributed by atoms with Gasteiger partial charge in [-0.2, -0.15) is 0 Å². The Morgan fingerprint density at radius 2 is 0.375 bits per heavy atom. The highest BCUT2D eigenvalue weighted by Crippen LogP contribution is 2.36. The van der Waals surface area contributed by atoms with Gasteiger partial charge in [-0.25, -0.2) is 4.79 Å². The van der Waals surface area contributed by atoms with E-state index in [-0.39, 0.29) is 99.3 Å². The minimum atomic E-state index is -0.557. The van der Waals surface area contributed by atoms with Crippen LogP contribution in [0.15, 0.2) is 12.7 Å². The summed E-state index contributed by atoms with van der Waals surface area (Å²) in [6, 6.07) is 0. The molecule has 0 aromatic heterocycles. The molecule has 748 valence electrons. The quantitative estimate of drug-likeness (QED) is 0.0248. The van der Waals surface area contributed by atoms with Crippen molar-refractivity contribution in [2.75, 3.05) is 65.9 Å². The lowest BCUT2D eigenvalue weighted by Gasteiger charge is -2.28. The largest absolute Gasteiger partial charge is 0.466 e. The van der Waals surface area contributed by atoms with Crippen molar-refractivity contribution in [2.24, 2.45) is 23.7 Å². The second-order valence-corrected chi connectivity index (χ2v) is 37.1. The van der Waals surface area contributed by atoms with Crippen molar-refractivity contribution in [1.82, 2.24) is 10.6 Å². The molecule has 0 heterocycles. The molecule has 20 nitrogen and oxygen atoms in total. The van der Waals surface area contributed by atoms with E-state index in [1.807, 2.05) is 0 Å². The molecule has 2 amide bonds. The van der Waals surface area contributed by atoms with Crippen LogP contribution in [0.2, 0.25) is 0 Å². The van der Waals surface area contributed by atoms with Crippen molar-refractivity contribution in [3.05, 3.63) is 12.7 Å². The van der Waals surface area contributed by atoms with Crippen LogP contribution in [0.3, 0.4) is 0 Å². The Kier molecular flexibility index (Phi) is 93.2. The molecule has 20 heteroatoms. The molecule has 2 N–H and O–H groups in total. The van der Waals surface area contributed by atoms with Crippen LogP contribution in [0.4, 0.5) is 0 Å². The molecule has 0 aliphatic carbocycles. The molecule has 0 saturated heterocycles. The summed E-state index contributed by atoms with van der Waals surface area (Å²) in [7, 11) is 0. The van der Waals surface area contributed by atoms with E-state index in [9.17, 15) is 47.9 Å². The molecule has 0 aromatic carbocycles. The number of hydrogen-bond donors (Lipinski definition) is 2. The summed E-state index contributed by atoms with van der Waals surface area (Å²) in [5.74, 6) is 1.16. The highest BCUT2D eigenvalue weighted by atomic mass is 16.6. The normalized spacial score (nSPS) is 12.2. The maximum Gasteiger partial charge on any atom is 0.330 e. The van der Waals surface area contributed by atoms with Crippen molar-refractivity contribution >= 4 is 59.6 Å². The molecule has 0 saturated carbocycles. The van der Waals surface area contributed by atoms with Crippen LogP contribution < -0.4 is 10.6 Å². The molecule has 0 aliphatic heterocycles. The van der Waals surface area contributed by atoms with Gasteiger partial charge in [0.25, 0.3) is 0 Å². The van der Waals surface area contributed by atoms with E-state index >= 15 is 0 Å². The molecule has 0 bridgehead atoms. The van der Waals surface area contributed by atoms with Gasteiger partial charge in [-0.1, -0.05) is 375 Å². The Balaban J connectivity index is 4.72. The SMILES string of the molecule is C=CC(=O)OCCOC(=O)CCCCCOC(=O)CCCCCOC(=O)CCCCCCCCC(CCCCCCCC)C(CCCCCCCC)CCCCCCCCC(=O)NCCNC(=O)CCCCCCCCC(CCCCCCCC)C(CCCCCCCC)CCCCCCCCC(=O)OCCCCCC(=O)OCCCCCC(=O)OCCOC(=O)CC. The first-order chi connectivity index (χ1) is 62.6. The molecule has 4 atom stereocenters. The van der Waals surface area contributed by atoms with Gasteiger partial charge in [0.05, 0.1) is 26.4 Å². The third-order valence-corrected chi connectivity index (χ3v) is 25.5. The van der Waals surface area contributed by atoms with Crippen molar-refractivity contribution in [3.8, 4) is 0 Å². The Morgan fingerprint density at radius 3 is 0.586 bits per heavy atom. The summed E-state index contributed by atoms with van der Waals surface area (Å²) >= 11 is 0. The fourth-order valence-corrected chi connectivity index (χ4v) is 17.5. The van der Waals surface area contributed by atoms with Crippen molar-refractivity contribution in [2.45, 2.75) is 529 Å². The molecule has 0 fully saturated rings. The van der Waals surface area contributed by atoms with Crippen LogP contribution in [-0.4, -0.2) is 126 Å². The zero-order chi connectivity index (χ0) is 93.4. The molecule has 0 aliphatic rings. The van der Waals surface area contributed by atoms with Gasteiger partial charge in [0.1, 0.15) is 26.4 Å². The van der Waals surface area contributed by atoms with Gasteiger partial charge in [-0.05, 0) is 126 Å². The number of unbranched alkanes of at least 4 members (excludes halogenated alkanes) is 48. The van der Waals surface area contributed by atoms with Crippen LogP contribution in [0.1, 0.15) is 529 Å². The standard InChI is InChI=1S/C108H198N2O18/c1-7-13-17-21-33-49-69-95(97(71-51-35-23-19-15-9-3)75-55-39-27-31-43-59-79-103(115)121-87-65-45-61-81-105(117)123-89-67-47-63-83-107(119)127-93-91-125-101(113)11-5)73-53-37-25-29-41-57-77-99(111)109-85-86-110-100(112)78-58-42-30-26-38-54-74-96(70-50-34-22-18-14-8-2)98(72-52-36-24-20-16-10-4)76-56-40-28-32-44-60-80-104(116)122-88-66-46-62-82-106(118)124-90-68-48-64-84-108(120)128-94-92-126-102(114)12-6/h11,95-98H,5,7-10,12-94H2,1-4,6H3,(H,109,111)(H,110,112). The number of carbonyl (C=O) groups excluding carboxylic acids is 10. The number of ether oxygens (including phenoxy) is 8. The summed E-state index contributed by atoms with van der Waals surface area (Å²) in [6.07, 6.45) is 84.1. The highest BCUT2D eigenvalue weighted by molar-refractivity contribution is 5.81. The van der Waals surface area contributed by atoms with E-state index in [1.165, 1.54) is 295 Å². The number of amides is 2. The van der Waals surface area contributed by atoms with E-state index in [2.05, 4.69) is 44.9 Å². The lowest BCUT2D eigenvalue weighted by molar-refractivity contribution is -0.152. The minimum Gasteiger partial charge on any atom is -0.466 e. The Morgan fingerprint density at radius 1 is 0.203 bits per heavy atom. The predicted molar refractivity (Wildman–Crippen MR) is 522 cm³/mol. The van der Waals surface area contributed by atoms with Crippen LogP contribution in [0.5, 0.6) is 0 Å². The zero-order valence-electron chi connectivity index (χ0n) is 83.5. The lowest BCUT2D eigenvalue weighted by atomic mass is 9.78. The van der Waals surface area contributed by atoms with Crippen molar-refractivity contribution < 1.29 is 85.8 Å². The van der Waals surface area contributed by atoms with E-state index in [4.69, 9.17) is 37.9 Å². The average molecular weight is 1810 g/mol. The van der Waals surface area contributed by atoms with Crippen LogP contribution in [-0.2, 0) is 85.8 Å². The zero-order valence-corrected chi connectivity index (χ0v) is 83.5. The summed E-state index contributed by atoms with van der Waals surface area (Å²) in [5, 5.41) is 6.13. The fraction of sp³-hybridized carbons (Fsp3) is 0.889. The first kappa shape index (κ1) is 122. The number of nitrogens with one attached hydrogen (secondary N) is 2. The van der Waals surface area contributed by atoms with E-state index in [0.29, 0.717) is 117 Å². The maximum atomic E-state index is 12.8. The van der Waals surface area contributed by atoms with Gasteiger partial charge in [-0.15, -0.1) is 0 Å². The van der Waals surface area contributed by atoms with Crippen LogP contribution >= 0.6 is 0 Å². The Bertz CT molecular complexity index is 2570. The van der Waals surface area contributed by atoms with Gasteiger partial charge >= 0.3 is 47.8 Å². The van der Waals surface area contributed by atoms with Crippen molar-refractivity contribution in [3.63, 3.8) is 0 Å². The minimum absolute atomic E-state index is 0.00339. The van der Waals surface area contributed by atoms with Crippen LogP contribution in [0, 0.1) is 23.7 Å². The van der Waals surface area contributed by atoms with Gasteiger partial charge in [0.2, 0.25) is 11.8 Å². The first-order valence-electron chi connectivity index (χ1n) is 54.0. The molecule has 0 rings (SSSR count). The highest BCUT2D eigenvalue weighted by Gasteiger charge is 2.24. The monoisotopic (exact) mass is 1810 g/mol. The third-order valence-electron chi connectivity index (χ3n) is 25.5. The van der Waals surface area contributed by atoms with Gasteiger partial charge in [0, 0.05) is 77.0 Å². The lowest BCUT2D eigenvalue weighted by Crippen LogP contribution is -2.34. The van der Waals surface area contributed by atoms with E-state index in [1.54, 1.807) is 6.92 Å². The number of esters is 8.